The summed E-state index contributed by atoms with van der Waals surface area (Å²) in [5, 5.41) is 0. The lowest BCUT2D eigenvalue weighted by atomic mass is 10.1. The van der Waals surface area contributed by atoms with E-state index in [0.29, 0.717) is 6.61 Å². The normalized spacial score (nSPS) is 11.0. The number of primary amides is 1. The molecule has 0 rings (SSSR count). The molecule has 5 heteroatoms. The fourth-order valence-corrected chi connectivity index (χ4v) is 2.72. The van der Waals surface area contributed by atoms with E-state index in [2.05, 4.69) is 20.8 Å². The first-order valence-electron chi connectivity index (χ1n) is 8.37. The van der Waals surface area contributed by atoms with Crippen molar-refractivity contribution in [2.75, 3.05) is 32.8 Å². The molecule has 0 aromatic heterocycles. The van der Waals surface area contributed by atoms with Crippen LogP contribution in [0.25, 0.3) is 0 Å². The Morgan fingerprint density at radius 3 is 1.57 bits per heavy atom. The molecule has 2 N–H and O–H groups in total. The molecule has 128 valence electrons. The first-order valence-corrected chi connectivity index (χ1v) is 8.37. The average molecular weight is 414 g/mol. The fourth-order valence-electron chi connectivity index (χ4n) is 2.72. The SMILES string of the molecule is CCCC[N+](CCCC)(CCCC)CCCOC(N)=O.[I-]. The summed E-state index contributed by atoms with van der Waals surface area (Å²) in [7, 11) is 0. The predicted octanol–water partition coefficient (Wildman–Crippen LogP) is 0.693. The molecule has 0 radical (unpaired) electrons. The molecule has 0 heterocycles. The van der Waals surface area contributed by atoms with E-state index in [1.807, 2.05) is 0 Å². The minimum atomic E-state index is -0.654. The summed E-state index contributed by atoms with van der Waals surface area (Å²) in [4.78, 5) is 10.6. The molecule has 0 saturated carbocycles. The van der Waals surface area contributed by atoms with E-state index in [-0.39, 0.29) is 24.0 Å². The highest BCUT2D eigenvalue weighted by Crippen LogP contribution is 2.16. The Bertz CT molecular complexity index is 229. The zero-order chi connectivity index (χ0) is 15.3. The highest BCUT2D eigenvalue weighted by molar-refractivity contribution is 5.64. The second kappa shape index (κ2) is 14.9. The molecule has 0 fully saturated rings. The lowest BCUT2D eigenvalue weighted by Gasteiger charge is -2.39. The Morgan fingerprint density at radius 2 is 1.24 bits per heavy atom. The van der Waals surface area contributed by atoms with Crippen molar-refractivity contribution in [1.82, 2.24) is 0 Å². The minimum absolute atomic E-state index is 0. The number of quaternary nitrogens is 1. The molecule has 0 unspecified atom stereocenters. The smallest absolute Gasteiger partial charge is 0.404 e. The van der Waals surface area contributed by atoms with Crippen molar-refractivity contribution < 1.29 is 38.0 Å². The number of unbranched alkanes of at least 4 members (excludes halogenated alkanes) is 3. The molecule has 1 amide bonds. The van der Waals surface area contributed by atoms with Gasteiger partial charge >= 0.3 is 6.09 Å². The van der Waals surface area contributed by atoms with Gasteiger partial charge in [-0.25, -0.2) is 4.79 Å². The molecule has 0 spiro atoms. The molecule has 0 saturated heterocycles. The molecular formula is C16H35IN2O2. The molecule has 0 aliphatic rings. The van der Waals surface area contributed by atoms with Crippen molar-refractivity contribution in [2.45, 2.75) is 65.7 Å². The Kier molecular flexibility index (Phi) is 16.5. The Balaban J connectivity index is 0. The number of nitrogens with two attached hydrogens (primary N) is 1. The molecule has 0 atom stereocenters. The first-order chi connectivity index (χ1) is 9.60. The average Bonchev–Trinajstić information content (AvgIpc) is 2.44. The zero-order valence-electron chi connectivity index (χ0n) is 14.2. The van der Waals surface area contributed by atoms with Gasteiger partial charge in [0.05, 0.1) is 32.8 Å². The number of amides is 1. The van der Waals surface area contributed by atoms with Crippen molar-refractivity contribution in [3.05, 3.63) is 0 Å². The van der Waals surface area contributed by atoms with Crippen molar-refractivity contribution in [1.29, 1.82) is 0 Å². The summed E-state index contributed by atoms with van der Waals surface area (Å²) >= 11 is 0. The summed E-state index contributed by atoms with van der Waals surface area (Å²) in [5.74, 6) is 0. The van der Waals surface area contributed by atoms with E-state index in [4.69, 9.17) is 10.5 Å². The van der Waals surface area contributed by atoms with E-state index >= 15 is 0 Å². The van der Waals surface area contributed by atoms with Crippen LogP contribution in [0.5, 0.6) is 0 Å². The number of rotatable bonds is 13. The van der Waals surface area contributed by atoms with Gasteiger partial charge in [0.25, 0.3) is 0 Å². The van der Waals surface area contributed by atoms with Gasteiger partial charge in [-0.05, 0) is 19.3 Å². The molecule has 0 aromatic carbocycles. The van der Waals surface area contributed by atoms with Crippen LogP contribution in [0.2, 0.25) is 0 Å². The number of hydrogen-bond acceptors (Lipinski definition) is 2. The van der Waals surface area contributed by atoms with Crippen LogP contribution in [0.3, 0.4) is 0 Å². The second-order valence-electron chi connectivity index (χ2n) is 5.82. The summed E-state index contributed by atoms with van der Waals surface area (Å²) in [5.41, 5.74) is 5.02. The van der Waals surface area contributed by atoms with Gasteiger partial charge in [0, 0.05) is 6.42 Å². The van der Waals surface area contributed by atoms with Gasteiger partial charge in [-0.15, -0.1) is 0 Å². The van der Waals surface area contributed by atoms with Gasteiger partial charge < -0.3 is 38.9 Å². The van der Waals surface area contributed by atoms with Crippen LogP contribution >= 0.6 is 0 Å². The first kappa shape index (κ1) is 23.2. The number of hydrogen-bond donors (Lipinski definition) is 1. The van der Waals surface area contributed by atoms with Crippen LogP contribution < -0.4 is 29.7 Å². The van der Waals surface area contributed by atoms with E-state index in [0.717, 1.165) is 13.0 Å². The number of carbonyl (C=O) groups is 1. The highest BCUT2D eigenvalue weighted by atomic mass is 127. The quantitative estimate of drug-likeness (QED) is 0.274. The van der Waals surface area contributed by atoms with E-state index in [1.54, 1.807) is 0 Å². The lowest BCUT2D eigenvalue weighted by molar-refractivity contribution is -0.929. The monoisotopic (exact) mass is 414 g/mol. The fraction of sp³-hybridized carbons (Fsp3) is 0.938. The summed E-state index contributed by atoms with van der Waals surface area (Å²) < 4.78 is 6.07. The number of ether oxygens (including phenoxy) is 1. The lowest BCUT2D eigenvalue weighted by Crippen LogP contribution is -3.00. The van der Waals surface area contributed by atoms with Crippen molar-refractivity contribution in [3.63, 3.8) is 0 Å². The third kappa shape index (κ3) is 12.2. The van der Waals surface area contributed by atoms with Gasteiger partial charge in [0.2, 0.25) is 0 Å². The maximum atomic E-state index is 10.6. The van der Waals surface area contributed by atoms with Crippen LogP contribution in [0.15, 0.2) is 0 Å². The summed E-state index contributed by atoms with van der Waals surface area (Å²) in [6.07, 6.45) is 7.85. The van der Waals surface area contributed by atoms with Gasteiger partial charge in [-0.1, -0.05) is 40.0 Å². The Labute approximate surface area is 148 Å². The molecule has 0 aromatic rings. The molecule has 0 bridgehead atoms. The summed E-state index contributed by atoms with van der Waals surface area (Å²) in [6, 6.07) is 0. The van der Waals surface area contributed by atoms with Crippen molar-refractivity contribution >= 4 is 6.09 Å². The van der Waals surface area contributed by atoms with Gasteiger partial charge in [-0.3, -0.25) is 0 Å². The third-order valence-electron chi connectivity index (χ3n) is 3.98. The van der Waals surface area contributed by atoms with Gasteiger partial charge in [-0.2, -0.15) is 0 Å². The van der Waals surface area contributed by atoms with Gasteiger partial charge in [0.15, 0.2) is 0 Å². The minimum Gasteiger partial charge on any atom is -1.00 e. The third-order valence-corrected chi connectivity index (χ3v) is 3.98. The van der Waals surface area contributed by atoms with E-state index < -0.39 is 6.09 Å². The van der Waals surface area contributed by atoms with Crippen LogP contribution in [-0.4, -0.2) is 43.4 Å². The van der Waals surface area contributed by atoms with Crippen LogP contribution in [0.1, 0.15) is 65.7 Å². The van der Waals surface area contributed by atoms with Crippen molar-refractivity contribution in [2.24, 2.45) is 5.73 Å². The number of nitrogens with zero attached hydrogens (tertiary/aromatic N) is 1. The van der Waals surface area contributed by atoms with Crippen LogP contribution in [0, 0.1) is 0 Å². The number of carbonyl (C=O) groups excluding carboxylic acids is 1. The largest absolute Gasteiger partial charge is 1.00 e. The van der Waals surface area contributed by atoms with Crippen molar-refractivity contribution in [3.8, 4) is 0 Å². The summed E-state index contributed by atoms with van der Waals surface area (Å²) in [6.45, 7) is 12.1. The molecule has 0 aliphatic heterocycles. The van der Waals surface area contributed by atoms with E-state index in [9.17, 15) is 4.79 Å². The van der Waals surface area contributed by atoms with Crippen LogP contribution in [0.4, 0.5) is 4.79 Å². The molecule has 0 aliphatic carbocycles. The molecular weight excluding hydrogens is 379 g/mol. The Hall–Kier alpha value is -0.0400. The maximum absolute atomic E-state index is 10.6. The molecule has 21 heavy (non-hydrogen) atoms. The van der Waals surface area contributed by atoms with Crippen LogP contribution in [-0.2, 0) is 4.74 Å². The Morgan fingerprint density at radius 1 is 0.857 bits per heavy atom. The highest BCUT2D eigenvalue weighted by Gasteiger charge is 2.25. The number of halogens is 1. The molecule has 4 nitrogen and oxygen atoms in total. The second-order valence-corrected chi connectivity index (χ2v) is 5.82. The zero-order valence-corrected chi connectivity index (χ0v) is 16.4. The predicted molar refractivity (Wildman–Crippen MR) is 84.6 cm³/mol. The topological polar surface area (TPSA) is 52.3 Å². The van der Waals surface area contributed by atoms with Gasteiger partial charge in [0.1, 0.15) is 0 Å². The van der Waals surface area contributed by atoms with E-state index in [1.165, 1.54) is 62.6 Å². The standard InChI is InChI=1S/C16H34N2O2.HI/c1-4-7-11-18(12-8-5-2,13-9-6-3)14-10-15-20-16(17)19;/h4-15H2,1-3H3,(H-,17,19);1H. The maximum Gasteiger partial charge on any atom is 0.404 e.